The van der Waals surface area contributed by atoms with Crippen LogP contribution in [0.3, 0.4) is 0 Å². The Morgan fingerprint density at radius 2 is 2.21 bits per heavy atom. The fourth-order valence-corrected chi connectivity index (χ4v) is 4.33. The molecule has 9 heteroatoms. The summed E-state index contributed by atoms with van der Waals surface area (Å²) in [7, 11) is 0. The molecule has 0 saturated heterocycles. The average Bonchev–Trinajstić information content (AvgIpc) is 3.33. The summed E-state index contributed by atoms with van der Waals surface area (Å²) < 4.78 is 21.5. The molecule has 0 unspecified atom stereocenters. The van der Waals surface area contributed by atoms with Crippen molar-refractivity contribution >= 4 is 17.5 Å². The SMILES string of the molecule is O=C(N[C@@H]1COCc2c1cnn2-c1c(F)cccc1Cl)c1n[nH]c2c1CCCC2. The highest BCUT2D eigenvalue weighted by atomic mass is 35.5. The highest BCUT2D eigenvalue weighted by molar-refractivity contribution is 6.32. The number of halogens is 2. The van der Waals surface area contributed by atoms with Gasteiger partial charge in [-0.2, -0.15) is 10.2 Å². The van der Waals surface area contributed by atoms with Gasteiger partial charge >= 0.3 is 0 Å². The minimum atomic E-state index is -0.474. The molecule has 0 radical (unpaired) electrons. The number of H-pyrrole nitrogens is 1. The van der Waals surface area contributed by atoms with Gasteiger partial charge in [0.15, 0.2) is 5.69 Å². The molecule has 1 aromatic carbocycles. The first-order chi connectivity index (χ1) is 14.1. The molecular weight excluding hydrogens is 397 g/mol. The molecule has 150 valence electrons. The molecular formula is C20H19ClFN5O2. The summed E-state index contributed by atoms with van der Waals surface area (Å²) in [5, 5.41) is 14.8. The van der Waals surface area contributed by atoms with E-state index in [0.717, 1.165) is 42.5 Å². The number of hydrogen-bond donors (Lipinski definition) is 2. The number of nitrogens with zero attached hydrogens (tertiary/aromatic N) is 3. The number of nitrogens with one attached hydrogen (secondary N) is 2. The van der Waals surface area contributed by atoms with E-state index in [1.54, 1.807) is 18.3 Å². The number of para-hydroxylation sites is 1. The van der Waals surface area contributed by atoms with E-state index in [1.807, 2.05) is 0 Å². The van der Waals surface area contributed by atoms with Crippen LogP contribution in [0.25, 0.3) is 5.69 Å². The van der Waals surface area contributed by atoms with Crippen LogP contribution in [0, 0.1) is 5.82 Å². The average molecular weight is 416 g/mol. The van der Waals surface area contributed by atoms with Gasteiger partial charge in [-0.15, -0.1) is 0 Å². The van der Waals surface area contributed by atoms with E-state index in [-0.39, 0.29) is 23.2 Å². The standard InChI is InChI=1S/C20H19ClFN5O2/c21-13-5-3-6-14(22)19(13)27-17-10-29-9-16(12(17)8-23-27)24-20(28)18-11-4-1-2-7-15(11)25-26-18/h3,5-6,8,16H,1-2,4,7,9-10H2,(H,24,28)(H,25,26)/t16-/m1/s1. The molecule has 0 bridgehead atoms. The number of rotatable bonds is 3. The molecule has 5 rings (SSSR count). The Balaban J connectivity index is 1.44. The lowest BCUT2D eigenvalue weighted by atomic mass is 9.95. The van der Waals surface area contributed by atoms with Gasteiger partial charge < -0.3 is 10.1 Å². The van der Waals surface area contributed by atoms with Crippen LogP contribution in [-0.4, -0.2) is 32.5 Å². The Hall–Kier alpha value is -2.71. The molecule has 0 saturated carbocycles. The molecule has 0 fully saturated rings. The van der Waals surface area contributed by atoms with Crippen molar-refractivity contribution in [1.82, 2.24) is 25.3 Å². The summed E-state index contributed by atoms with van der Waals surface area (Å²) in [6.45, 7) is 0.562. The maximum absolute atomic E-state index is 14.4. The lowest BCUT2D eigenvalue weighted by Gasteiger charge is -2.24. The maximum Gasteiger partial charge on any atom is 0.272 e. The molecule has 2 aromatic heterocycles. The molecule has 1 amide bonds. The minimum Gasteiger partial charge on any atom is -0.373 e. The van der Waals surface area contributed by atoms with Crippen molar-refractivity contribution in [2.24, 2.45) is 0 Å². The van der Waals surface area contributed by atoms with E-state index < -0.39 is 11.9 Å². The number of aryl methyl sites for hydroxylation is 1. The van der Waals surface area contributed by atoms with Crippen molar-refractivity contribution in [2.45, 2.75) is 38.3 Å². The molecule has 1 atom stereocenters. The monoisotopic (exact) mass is 415 g/mol. The van der Waals surface area contributed by atoms with Crippen molar-refractivity contribution in [3.63, 3.8) is 0 Å². The van der Waals surface area contributed by atoms with Crippen LogP contribution < -0.4 is 5.32 Å². The van der Waals surface area contributed by atoms with Gasteiger partial charge in [-0.05, 0) is 37.8 Å². The highest BCUT2D eigenvalue weighted by Crippen LogP contribution is 2.31. The lowest BCUT2D eigenvalue weighted by molar-refractivity contribution is 0.0683. The number of fused-ring (bicyclic) bond motifs is 2. The number of amides is 1. The minimum absolute atomic E-state index is 0.173. The van der Waals surface area contributed by atoms with Gasteiger partial charge in [0, 0.05) is 16.8 Å². The van der Waals surface area contributed by atoms with Crippen molar-refractivity contribution in [3.05, 3.63) is 63.4 Å². The third kappa shape index (κ3) is 3.12. The van der Waals surface area contributed by atoms with Crippen LogP contribution in [0.15, 0.2) is 24.4 Å². The smallest absolute Gasteiger partial charge is 0.272 e. The Bertz CT molecular complexity index is 1070. The van der Waals surface area contributed by atoms with Gasteiger partial charge in [0.2, 0.25) is 0 Å². The predicted octanol–water partition coefficient (Wildman–Crippen LogP) is 3.27. The van der Waals surface area contributed by atoms with Gasteiger partial charge in [0.05, 0.1) is 36.2 Å². The second-order valence-corrected chi connectivity index (χ2v) is 7.71. The van der Waals surface area contributed by atoms with Crippen molar-refractivity contribution in [3.8, 4) is 5.69 Å². The van der Waals surface area contributed by atoms with Gasteiger partial charge in [-0.1, -0.05) is 17.7 Å². The van der Waals surface area contributed by atoms with Crippen LogP contribution in [0.4, 0.5) is 4.39 Å². The van der Waals surface area contributed by atoms with Crippen LogP contribution >= 0.6 is 11.6 Å². The first-order valence-electron chi connectivity index (χ1n) is 9.59. The summed E-state index contributed by atoms with van der Waals surface area (Å²) in [5.74, 6) is -0.722. The Labute approximate surface area is 171 Å². The fraction of sp³-hybridized carbons (Fsp3) is 0.350. The van der Waals surface area contributed by atoms with Crippen LogP contribution in [-0.2, 0) is 24.2 Å². The normalized spacial score (nSPS) is 18.2. The molecule has 1 aliphatic carbocycles. The summed E-state index contributed by atoms with van der Waals surface area (Å²) in [6, 6.07) is 4.08. The quantitative estimate of drug-likeness (QED) is 0.687. The number of aromatic nitrogens is 4. The Kier molecular flexibility index (Phi) is 4.60. The van der Waals surface area contributed by atoms with E-state index in [4.69, 9.17) is 16.3 Å². The van der Waals surface area contributed by atoms with Crippen LogP contribution in [0.2, 0.25) is 5.02 Å². The summed E-state index contributed by atoms with van der Waals surface area (Å²) in [6.07, 6.45) is 5.56. The van der Waals surface area contributed by atoms with E-state index in [1.165, 1.54) is 10.7 Å². The van der Waals surface area contributed by atoms with Crippen LogP contribution in [0.5, 0.6) is 0 Å². The predicted molar refractivity (Wildman–Crippen MR) is 104 cm³/mol. The molecule has 7 nitrogen and oxygen atoms in total. The van der Waals surface area contributed by atoms with Crippen molar-refractivity contribution < 1.29 is 13.9 Å². The van der Waals surface area contributed by atoms with Gasteiger partial charge in [0.1, 0.15) is 11.5 Å². The zero-order valence-electron chi connectivity index (χ0n) is 15.5. The number of carbonyl (C=O) groups is 1. The maximum atomic E-state index is 14.4. The number of hydrogen-bond acceptors (Lipinski definition) is 4. The van der Waals surface area contributed by atoms with Crippen molar-refractivity contribution in [2.75, 3.05) is 6.61 Å². The van der Waals surface area contributed by atoms with Crippen LogP contribution in [0.1, 0.15) is 51.9 Å². The van der Waals surface area contributed by atoms with Gasteiger partial charge in [-0.3, -0.25) is 9.89 Å². The zero-order valence-corrected chi connectivity index (χ0v) is 16.3. The largest absolute Gasteiger partial charge is 0.373 e. The van der Waals surface area contributed by atoms with Gasteiger partial charge in [-0.25, -0.2) is 9.07 Å². The van der Waals surface area contributed by atoms with Gasteiger partial charge in [0.25, 0.3) is 5.91 Å². The highest BCUT2D eigenvalue weighted by Gasteiger charge is 2.30. The first kappa shape index (κ1) is 18.3. The Morgan fingerprint density at radius 1 is 1.34 bits per heavy atom. The summed E-state index contributed by atoms with van der Waals surface area (Å²) >= 11 is 6.20. The number of ether oxygens (including phenoxy) is 1. The number of benzene rings is 1. The molecule has 3 heterocycles. The van der Waals surface area contributed by atoms with E-state index in [0.29, 0.717) is 18.0 Å². The van der Waals surface area contributed by atoms with E-state index >= 15 is 0 Å². The second kappa shape index (κ2) is 7.27. The zero-order chi connectivity index (χ0) is 20.0. The van der Waals surface area contributed by atoms with E-state index in [2.05, 4.69) is 20.6 Å². The topological polar surface area (TPSA) is 84.8 Å². The molecule has 0 spiro atoms. The third-order valence-electron chi connectivity index (χ3n) is 5.53. The summed E-state index contributed by atoms with van der Waals surface area (Å²) in [4.78, 5) is 12.9. The second-order valence-electron chi connectivity index (χ2n) is 7.31. The first-order valence-corrected chi connectivity index (χ1v) is 9.97. The molecule has 2 N–H and O–H groups in total. The molecule has 1 aliphatic heterocycles. The Morgan fingerprint density at radius 3 is 3.07 bits per heavy atom. The third-order valence-corrected chi connectivity index (χ3v) is 5.83. The van der Waals surface area contributed by atoms with Crippen molar-refractivity contribution in [1.29, 1.82) is 0 Å². The van der Waals surface area contributed by atoms with E-state index in [9.17, 15) is 9.18 Å². The number of aromatic amines is 1. The summed E-state index contributed by atoms with van der Waals surface area (Å²) in [5.41, 5.74) is 4.11. The molecule has 2 aliphatic rings. The lowest BCUT2D eigenvalue weighted by Crippen LogP contribution is -2.35. The molecule has 29 heavy (non-hydrogen) atoms. The fourth-order valence-electron chi connectivity index (χ4n) is 4.08. The number of carbonyl (C=O) groups excluding carboxylic acids is 1. The molecule has 3 aromatic rings.